The molecule has 1 unspecified atom stereocenters. The Hall–Kier alpha value is -1.55. The van der Waals surface area contributed by atoms with Gasteiger partial charge in [-0.25, -0.2) is 4.98 Å². The van der Waals surface area contributed by atoms with E-state index in [1.54, 1.807) is 12.1 Å². The number of rotatable bonds is 2. The highest BCUT2D eigenvalue weighted by Crippen LogP contribution is 2.30. The van der Waals surface area contributed by atoms with E-state index in [1.165, 1.54) is 0 Å². The topological polar surface area (TPSA) is 52.0 Å². The van der Waals surface area contributed by atoms with Gasteiger partial charge in [0.2, 0.25) is 5.89 Å². The lowest BCUT2D eigenvalue weighted by atomic mass is 10.1. The lowest BCUT2D eigenvalue weighted by Gasteiger charge is -2.06. The fraction of sp³-hybridized carbons (Fsp3) is 0.0714. The van der Waals surface area contributed by atoms with Crippen LogP contribution in [0.3, 0.4) is 0 Å². The van der Waals surface area contributed by atoms with E-state index in [0.717, 1.165) is 5.56 Å². The minimum atomic E-state index is -0.427. The van der Waals surface area contributed by atoms with E-state index in [2.05, 4.69) is 4.98 Å². The van der Waals surface area contributed by atoms with Gasteiger partial charge in [0.25, 0.3) is 0 Å². The summed E-state index contributed by atoms with van der Waals surface area (Å²) in [7, 11) is 0. The van der Waals surface area contributed by atoms with Gasteiger partial charge in [-0.15, -0.1) is 0 Å². The summed E-state index contributed by atoms with van der Waals surface area (Å²) in [5, 5.41) is 0.951. The largest absolute Gasteiger partial charge is 0.437 e. The predicted molar refractivity (Wildman–Crippen MR) is 76.5 cm³/mol. The third-order valence-electron chi connectivity index (χ3n) is 2.85. The Balaban J connectivity index is 2.09. The molecule has 0 radical (unpaired) electrons. The van der Waals surface area contributed by atoms with Gasteiger partial charge >= 0.3 is 0 Å². The third kappa shape index (κ3) is 2.32. The number of halogens is 2. The fourth-order valence-corrected chi connectivity index (χ4v) is 2.43. The quantitative estimate of drug-likeness (QED) is 0.771. The van der Waals surface area contributed by atoms with E-state index >= 15 is 0 Å². The van der Waals surface area contributed by atoms with Crippen molar-refractivity contribution in [2.75, 3.05) is 0 Å². The molecule has 1 aromatic heterocycles. The summed E-state index contributed by atoms with van der Waals surface area (Å²) in [5.41, 5.74) is 8.18. The number of fused-ring (bicyclic) bond motifs is 1. The monoisotopic (exact) mass is 292 g/mol. The molecule has 0 saturated carbocycles. The predicted octanol–water partition coefficient (Wildman–Crippen LogP) is 4.18. The minimum Gasteiger partial charge on any atom is -0.437 e. The molecule has 1 heterocycles. The van der Waals surface area contributed by atoms with Gasteiger partial charge in [-0.3, -0.25) is 0 Å². The fourth-order valence-electron chi connectivity index (χ4n) is 1.91. The maximum Gasteiger partial charge on any atom is 0.217 e. The van der Waals surface area contributed by atoms with Crippen LogP contribution in [0.15, 0.2) is 46.9 Å². The molecule has 0 aliphatic rings. The number of nitrogens with two attached hydrogens (primary N) is 1. The van der Waals surface area contributed by atoms with Crippen LogP contribution in [0.2, 0.25) is 10.0 Å². The normalized spacial score (nSPS) is 12.8. The first kappa shape index (κ1) is 12.5. The van der Waals surface area contributed by atoms with E-state index in [1.807, 2.05) is 30.3 Å². The summed E-state index contributed by atoms with van der Waals surface area (Å²) in [6, 6.07) is 12.5. The van der Waals surface area contributed by atoms with Crippen molar-refractivity contribution >= 4 is 34.3 Å². The maximum atomic E-state index is 6.14. The van der Waals surface area contributed by atoms with Gasteiger partial charge in [-0.2, -0.15) is 0 Å². The van der Waals surface area contributed by atoms with Crippen LogP contribution in [0.4, 0.5) is 0 Å². The first-order chi connectivity index (χ1) is 9.15. The zero-order valence-electron chi connectivity index (χ0n) is 9.81. The smallest absolute Gasteiger partial charge is 0.217 e. The van der Waals surface area contributed by atoms with Crippen molar-refractivity contribution in [1.29, 1.82) is 0 Å². The van der Waals surface area contributed by atoms with Gasteiger partial charge in [-0.1, -0.05) is 53.5 Å². The summed E-state index contributed by atoms with van der Waals surface area (Å²) >= 11 is 12.0. The molecule has 19 heavy (non-hydrogen) atoms. The summed E-state index contributed by atoms with van der Waals surface area (Å²) in [4.78, 5) is 4.35. The second-order valence-electron chi connectivity index (χ2n) is 4.18. The summed E-state index contributed by atoms with van der Waals surface area (Å²) in [6.07, 6.45) is 0. The molecule has 3 aromatic rings. The van der Waals surface area contributed by atoms with Crippen molar-refractivity contribution in [3.05, 3.63) is 64.0 Å². The van der Waals surface area contributed by atoms with Crippen molar-refractivity contribution in [3.8, 4) is 0 Å². The Kier molecular flexibility index (Phi) is 3.19. The molecule has 3 rings (SSSR count). The minimum absolute atomic E-state index is 0.422. The molecule has 2 aromatic carbocycles. The molecule has 0 bridgehead atoms. The van der Waals surface area contributed by atoms with E-state index in [9.17, 15) is 0 Å². The Morgan fingerprint density at radius 2 is 1.84 bits per heavy atom. The van der Waals surface area contributed by atoms with Crippen molar-refractivity contribution in [3.63, 3.8) is 0 Å². The second kappa shape index (κ2) is 4.85. The van der Waals surface area contributed by atoms with Gasteiger partial charge in [0.15, 0.2) is 5.58 Å². The molecule has 0 fully saturated rings. The Bertz CT molecular complexity index is 725. The van der Waals surface area contributed by atoms with Crippen molar-refractivity contribution < 1.29 is 4.42 Å². The third-order valence-corrected chi connectivity index (χ3v) is 3.35. The highest BCUT2D eigenvalue weighted by atomic mass is 35.5. The zero-order valence-corrected chi connectivity index (χ0v) is 11.3. The standard InChI is InChI=1S/C14H10Cl2N2O/c15-9-6-10(16)13-11(7-9)18-14(19-13)12(17)8-4-2-1-3-5-8/h1-7,12H,17H2. The van der Waals surface area contributed by atoms with Crippen molar-refractivity contribution in [1.82, 2.24) is 4.98 Å². The van der Waals surface area contributed by atoms with Gasteiger partial charge < -0.3 is 10.2 Å². The van der Waals surface area contributed by atoms with Crippen molar-refractivity contribution in [2.45, 2.75) is 6.04 Å². The molecule has 0 saturated heterocycles. The lowest BCUT2D eigenvalue weighted by Crippen LogP contribution is -2.11. The average Bonchev–Trinajstić information content (AvgIpc) is 2.83. The van der Waals surface area contributed by atoms with Crippen LogP contribution in [0, 0.1) is 0 Å². The number of benzene rings is 2. The molecule has 0 aliphatic carbocycles. The van der Waals surface area contributed by atoms with E-state index in [0.29, 0.717) is 27.0 Å². The van der Waals surface area contributed by atoms with E-state index in [4.69, 9.17) is 33.4 Å². The number of oxazole rings is 1. The lowest BCUT2D eigenvalue weighted by molar-refractivity contribution is 0.505. The number of nitrogens with zero attached hydrogens (tertiary/aromatic N) is 1. The zero-order chi connectivity index (χ0) is 13.4. The molecule has 0 aliphatic heterocycles. The molecule has 96 valence electrons. The molecular formula is C14H10Cl2N2O. The molecule has 0 amide bonds. The van der Waals surface area contributed by atoms with Crippen LogP contribution >= 0.6 is 23.2 Å². The molecule has 5 heteroatoms. The van der Waals surface area contributed by atoms with Gasteiger partial charge in [0.05, 0.1) is 5.02 Å². The van der Waals surface area contributed by atoms with E-state index < -0.39 is 6.04 Å². The number of hydrogen-bond acceptors (Lipinski definition) is 3. The van der Waals surface area contributed by atoms with Crippen LogP contribution < -0.4 is 5.73 Å². The first-order valence-corrected chi connectivity index (χ1v) is 6.47. The van der Waals surface area contributed by atoms with Gasteiger partial charge in [0.1, 0.15) is 11.6 Å². The number of aromatic nitrogens is 1. The Morgan fingerprint density at radius 3 is 2.58 bits per heavy atom. The summed E-state index contributed by atoms with van der Waals surface area (Å²) in [6.45, 7) is 0. The molecular weight excluding hydrogens is 283 g/mol. The van der Waals surface area contributed by atoms with Crippen molar-refractivity contribution in [2.24, 2.45) is 5.73 Å². The SMILES string of the molecule is NC(c1ccccc1)c1nc2cc(Cl)cc(Cl)c2o1. The van der Waals surface area contributed by atoms with Crippen LogP contribution in [-0.4, -0.2) is 4.98 Å². The Morgan fingerprint density at radius 1 is 1.11 bits per heavy atom. The van der Waals surface area contributed by atoms with E-state index in [-0.39, 0.29) is 0 Å². The first-order valence-electron chi connectivity index (χ1n) is 5.71. The molecule has 1 atom stereocenters. The highest BCUT2D eigenvalue weighted by Gasteiger charge is 2.17. The Labute approximate surface area is 119 Å². The maximum absolute atomic E-state index is 6.14. The molecule has 0 spiro atoms. The molecule has 2 N–H and O–H groups in total. The van der Waals surface area contributed by atoms with Crippen LogP contribution in [0.1, 0.15) is 17.5 Å². The van der Waals surface area contributed by atoms with Gasteiger partial charge in [0, 0.05) is 5.02 Å². The number of hydrogen-bond donors (Lipinski definition) is 1. The van der Waals surface area contributed by atoms with Gasteiger partial charge in [-0.05, 0) is 17.7 Å². The van der Waals surface area contributed by atoms with Crippen LogP contribution in [0.5, 0.6) is 0 Å². The van der Waals surface area contributed by atoms with Crippen LogP contribution in [-0.2, 0) is 0 Å². The summed E-state index contributed by atoms with van der Waals surface area (Å²) in [5.74, 6) is 0.422. The highest BCUT2D eigenvalue weighted by molar-refractivity contribution is 6.37. The second-order valence-corrected chi connectivity index (χ2v) is 5.02. The van der Waals surface area contributed by atoms with Crippen LogP contribution in [0.25, 0.3) is 11.1 Å². The molecule has 3 nitrogen and oxygen atoms in total. The summed E-state index contributed by atoms with van der Waals surface area (Å²) < 4.78 is 5.64. The average molecular weight is 293 g/mol.